The van der Waals surface area contributed by atoms with Crippen LogP contribution in [0.1, 0.15) is 21.5 Å². The third kappa shape index (κ3) is 3.42. The lowest BCUT2D eigenvalue weighted by atomic mass is 10.1. The number of thioether (sulfide) groups is 1. The van der Waals surface area contributed by atoms with Gasteiger partial charge < -0.3 is 10.2 Å². The number of aryl methyl sites for hydroxylation is 1. The molecule has 2 aromatic carbocycles. The molecule has 1 amide bonds. The first kappa shape index (κ1) is 17.2. The molecule has 1 heterocycles. The number of hydrogen-bond acceptors (Lipinski definition) is 5. The molecule has 1 aliphatic heterocycles. The Morgan fingerprint density at radius 3 is 2.52 bits per heavy atom. The van der Waals surface area contributed by atoms with Crippen LogP contribution < -0.4 is 4.90 Å². The van der Waals surface area contributed by atoms with E-state index in [2.05, 4.69) is 0 Å². The van der Waals surface area contributed by atoms with Gasteiger partial charge in [-0.2, -0.15) is 0 Å². The summed E-state index contributed by atoms with van der Waals surface area (Å²) in [5.74, 6) is -1.96. The van der Waals surface area contributed by atoms with E-state index in [-0.39, 0.29) is 17.2 Å². The largest absolute Gasteiger partial charge is 0.507 e. The van der Waals surface area contributed by atoms with Crippen molar-refractivity contribution >= 4 is 51.9 Å². The van der Waals surface area contributed by atoms with E-state index in [0.29, 0.717) is 14.9 Å². The minimum Gasteiger partial charge on any atom is -0.507 e. The number of rotatable bonds is 3. The highest BCUT2D eigenvalue weighted by atomic mass is 32.2. The summed E-state index contributed by atoms with van der Waals surface area (Å²) >= 11 is 6.43. The summed E-state index contributed by atoms with van der Waals surface area (Å²) in [7, 11) is 0. The van der Waals surface area contributed by atoms with E-state index in [9.17, 15) is 14.7 Å². The second kappa shape index (κ2) is 6.70. The number of phenols is 1. The molecule has 0 saturated carbocycles. The van der Waals surface area contributed by atoms with Crippen molar-refractivity contribution in [2.45, 2.75) is 6.92 Å². The molecule has 0 radical (unpaired) electrons. The van der Waals surface area contributed by atoms with Gasteiger partial charge in [0.25, 0.3) is 5.91 Å². The molecular formula is C18H13NO4S2. The number of benzene rings is 2. The van der Waals surface area contributed by atoms with E-state index in [0.717, 1.165) is 22.9 Å². The Morgan fingerprint density at radius 1 is 1.20 bits per heavy atom. The highest BCUT2D eigenvalue weighted by Gasteiger charge is 2.33. The quantitative estimate of drug-likeness (QED) is 0.631. The van der Waals surface area contributed by atoms with Gasteiger partial charge in [0.2, 0.25) is 0 Å². The van der Waals surface area contributed by atoms with Gasteiger partial charge in [0.05, 0.1) is 10.6 Å². The van der Waals surface area contributed by atoms with Crippen LogP contribution in [0.3, 0.4) is 0 Å². The monoisotopic (exact) mass is 371 g/mol. The number of hydrogen-bond donors (Lipinski definition) is 2. The van der Waals surface area contributed by atoms with E-state index >= 15 is 0 Å². The summed E-state index contributed by atoms with van der Waals surface area (Å²) in [6.45, 7) is 1.98. The molecule has 0 spiro atoms. The first-order chi connectivity index (χ1) is 11.9. The fourth-order valence-corrected chi connectivity index (χ4v) is 3.64. The molecule has 7 heteroatoms. The van der Waals surface area contributed by atoms with E-state index in [1.54, 1.807) is 6.08 Å². The van der Waals surface area contributed by atoms with Crippen LogP contribution in [0, 0.1) is 6.92 Å². The summed E-state index contributed by atoms with van der Waals surface area (Å²) in [4.78, 5) is 25.6. The van der Waals surface area contributed by atoms with E-state index in [1.165, 1.54) is 23.1 Å². The lowest BCUT2D eigenvalue weighted by Crippen LogP contribution is -2.27. The smallest absolute Gasteiger partial charge is 0.339 e. The van der Waals surface area contributed by atoms with Gasteiger partial charge in [-0.1, -0.05) is 53.8 Å². The van der Waals surface area contributed by atoms with Crippen LogP contribution in [0.25, 0.3) is 6.08 Å². The van der Waals surface area contributed by atoms with E-state index in [4.69, 9.17) is 17.3 Å². The summed E-state index contributed by atoms with van der Waals surface area (Å²) in [5.41, 5.74) is 2.03. The van der Waals surface area contributed by atoms with Crippen LogP contribution in [-0.4, -0.2) is 26.4 Å². The molecule has 0 aliphatic carbocycles. The summed E-state index contributed by atoms with van der Waals surface area (Å²) in [5, 5.41) is 18.7. The second-order valence-electron chi connectivity index (χ2n) is 5.43. The zero-order valence-corrected chi connectivity index (χ0v) is 14.7. The molecule has 2 N–H and O–H groups in total. The van der Waals surface area contributed by atoms with Gasteiger partial charge in [-0.25, -0.2) is 4.79 Å². The maximum Gasteiger partial charge on any atom is 0.339 e. The summed E-state index contributed by atoms with van der Waals surface area (Å²) in [6, 6.07) is 11.6. The van der Waals surface area contributed by atoms with Crippen molar-refractivity contribution in [1.82, 2.24) is 0 Å². The molecule has 1 fully saturated rings. The number of nitrogens with zero attached hydrogens (tertiary/aromatic N) is 1. The molecule has 1 aliphatic rings. The fraction of sp³-hybridized carbons (Fsp3) is 0.0556. The second-order valence-corrected chi connectivity index (χ2v) is 7.11. The molecule has 25 heavy (non-hydrogen) atoms. The number of carboxylic acid groups (broad SMARTS) is 1. The van der Waals surface area contributed by atoms with Gasteiger partial charge in [-0.15, -0.1) is 0 Å². The molecule has 0 aromatic heterocycles. The lowest BCUT2D eigenvalue weighted by molar-refractivity contribution is -0.113. The van der Waals surface area contributed by atoms with Gasteiger partial charge in [0, 0.05) is 0 Å². The summed E-state index contributed by atoms with van der Waals surface area (Å²) in [6.07, 6.45) is 1.75. The molecule has 3 rings (SSSR count). The average molecular weight is 371 g/mol. The maximum atomic E-state index is 12.7. The number of anilines is 1. The number of aromatic carboxylic acids is 1. The highest BCUT2D eigenvalue weighted by molar-refractivity contribution is 8.27. The van der Waals surface area contributed by atoms with Crippen molar-refractivity contribution in [3.8, 4) is 5.75 Å². The van der Waals surface area contributed by atoms with Crippen LogP contribution in [-0.2, 0) is 4.79 Å². The normalized spacial score (nSPS) is 15.9. The first-order valence-electron chi connectivity index (χ1n) is 7.28. The molecule has 1 saturated heterocycles. The molecule has 0 bridgehead atoms. The van der Waals surface area contributed by atoms with Crippen LogP contribution in [0.5, 0.6) is 5.75 Å². The predicted octanol–water partition coefficient (Wildman–Crippen LogP) is 3.80. The standard InChI is InChI=1S/C18H13NO4S2/c1-10-2-4-11(5-3-10)8-15-16(21)19(18(24)25-15)12-6-7-14(20)13(9-12)17(22)23/h2-9,20H,1H3,(H,22,23)/b15-8-. The number of carbonyl (C=O) groups excluding carboxylic acids is 1. The lowest BCUT2D eigenvalue weighted by Gasteiger charge is -2.15. The number of amides is 1. The maximum absolute atomic E-state index is 12.7. The molecule has 5 nitrogen and oxygen atoms in total. The van der Waals surface area contributed by atoms with E-state index in [1.807, 2.05) is 31.2 Å². The topological polar surface area (TPSA) is 77.8 Å². The SMILES string of the molecule is Cc1ccc(/C=C2\SC(=S)N(c3ccc(O)c(C(=O)O)c3)C2=O)cc1. The number of thiocarbonyl (C=S) groups is 1. The summed E-state index contributed by atoms with van der Waals surface area (Å²) < 4.78 is 0.311. The van der Waals surface area contributed by atoms with Crippen molar-refractivity contribution in [2.24, 2.45) is 0 Å². The third-order valence-corrected chi connectivity index (χ3v) is 4.94. The van der Waals surface area contributed by atoms with Gasteiger partial charge in [-0.3, -0.25) is 9.69 Å². The van der Waals surface area contributed by atoms with Crippen LogP contribution in [0.4, 0.5) is 5.69 Å². The van der Waals surface area contributed by atoms with Crippen LogP contribution >= 0.6 is 24.0 Å². The fourth-order valence-electron chi connectivity index (χ4n) is 2.34. The zero-order chi connectivity index (χ0) is 18.1. The molecule has 0 atom stereocenters. The van der Waals surface area contributed by atoms with Gasteiger partial charge >= 0.3 is 5.97 Å². The van der Waals surface area contributed by atoms with Crippen molar-refractivity contribution in [1.29, 1.82) is 0 Å². The Morgan fingerprint density at radius 2 is 1.88 bits per heavy atom. The Balaban J connectivity index is 1.95. The molecular weight excluding hydrogens is 358 g/mol. The van der Waals surface area contributed by atoms with Gasteiger partial charge in [0.1, 0.15) is 11.3 Å². The molecule has 2 aromatic rings. The van der Waals surface area contributed by atoms with Gasteiger partial charge in [0.15, 0.2) is 4.32 Å². The average Bonchev–Trinajstić information content (AvgIpc) is 2.84. The molecule has 126 valence electrons. The first-order valence-corrected chi connectivity index (χ1v) is 8.50. The molecule has 0 unspecified atom stereocenters. The van der Waals surface area contributed by atoms with Crippen LogP contribution in [0.2, 0.25) is 0 Å². The van der Waals surface area contributed by atoms with Gasteiger partial charge in [-0.05, 0) is 36.8 Å². The number of carbonyl (C=O) groups is 2. The van der Waals surface area contributed by atoms with E-state index < -0.39 is 5.97 Å². The minimum atomic E-state index is -1.28. The zero-order valence-electron chi connectivity index (χ0n) is 13.1. The van der Waals surface area contributed by atoms with Crippen molar-refractivity contribution in [3.05, 3.63) is 64.1 Å². The van der Waals surface area contributed by atoms with Crippen molar-refractivity contribution in [3.63, 3.8) is 0 Å². The van der Waals surface area contributed by atoms with Crippen molar-refractivity contribution < 1.29 is 19.8 Å². The minimum absolute atomic E-state index is 0.283. The highest BCUT2D eigenvalue weighted by Crippen LogP contribution is 2.37. The Labute approximate surface area is 153 Å². The Hall–Kier alpha value is -2.64. The Kier molecular flexibility index (Phi) is 4.61. The predicted molar refractivity (Wildman–Crippen MR) is 102 cm³/mol. The van der Waals surface area contributed by atoms with Crippen molar-refractivity contribution in [2.75, 3.05) is 4.90 Å². The number of aromatic hydroxyl groups is 1. The Bertz CT molecular complexity index is 919. The third-order valence-electron chi connectivity index (χ3n) is 3.64. The van der Waals surface area contributed by atoms with Crippen LogP contribution in [0.15, 0.2) is 47.4 Å². The number of carboxylic acids is 1.